The van der Waals surface area contributed by atoms with E-state index in [9.17, 15) is 4.39 Å². The zero-order valence-electron chi connectivity index (χ0n) is 10.9. The predicted octanol–water partition coefficient (Wildman–Crippen LogP) is 4.42. The fourth-order valence-electron chi connectivity index (χ4n) is 2.08. The van der Waals surface area contributed by atoms with E-state index in [-0.39, 0.29) is 11.9 Å². The number of hydrogen-bond donors (Lipinski definition) is 1. The molecule has 0 amide bonds. The molecule has 0 aliphatic heterocycles. The molecule has 2 N–H and O–H groups in total. The molecule has 3 heteroatoms. The summed E-state index contributed by atoms with van der Waals surface area (Å²) in [5.74, 6) is -0.189. The molecule has 0 aliphatic rings. The fourth-order valence-corrected chi connectivity index (χ4v) is 2.29. The number of nitrogens with two attached hydrogens (primary N) is 1. The van der Waals surface area contributed by atoms with Crippen LogP contribution in [-0.2, 0) is 6.42 Å². The number of benzene rings is 2. The maximum Gasteiger partial charge on any atom is 0.126 e. The molecule has 0 aliphatic carbocycles. The van der Waals surface area contributed by atoms with Crippen molar-refractivity contribution in [3.8, 4) is 0 Å². The van der Waals surface area contributed by atoms with Gasteiger partial charge in [-0.2, -0.15) is 0 Å². The molecular weight excluding hydrogens is 261 g/mol. The average Bonchev–Trinajstić information content (AvgIpc) is 2.39. The molecule has 0 aromatic heterocycles. The molecule has 0 saturated heterocycles. The van der Waals surface area contributed by atoms with Crippen molar-refractivity contribution in [2.75, 3.05) is 0 Å². The third kappa shape index (κ3) is 3.79. The van der Waals surface area contributed by atoms with Gasteiger partial charge in [0.2, 0.25) is 0 Å². The Labute approximate surface area is 118 Å². The highest BCUT2D eigenvalue weighted by Crippen LogP contribution is 2.20. The van der Waals surface area contributed by atoms with E-state index in [1.54, 1.807) is 13.0 Å². The van der Waals surface area contributed by atoms with Crippen LogP contribution in [0.5, 0.6) is 0 Å². The zero-order valence-corrected chi connectivity index (χ0v) is 11.6. The SMILES string of the molecule is Cc1cc(C(N)CCc2cccc(Cl)c2)ccc1F. The monoisotopic (exact) mass is 277 g/mol. The largest absolute Gasteiger partial charge is 0.324 e. The van der Waals surface area contributed by atoms with Crippen LogP contribution in [0.3, 0.4) is 0 Å². The van der Waals surface area contributed by atoms with Crippen molar-refractivity contribution in [1.29, 1.82) is 0 Å². The molecular formula is C16H17ClFN. The lowest BCUT2D eigenvalue weighted by atomic mass is 9.98. The van der Waals surface area contributed by atoms with Crippen LogP contribution in [0.15, 0.2) is 42.5 Å². The van der Waals surface area contributed by atoms with Crippen molar-refractivity contribution >= 4 is 11.6 Å². The van der Waals surface area contributed by atoms with Crippen LogP contribution < -0.4 is 5.73 Å². The van der Waals surface area contributed by atoms with Crippen molar-refractivity contribution in [3.63, 3.8) is 0 Å². The minimum atomic E-state index is -0.189. The number of halogens is 2. The molecule has 0 bridgehead atoms. The van der Waals surface area contributed by atoms with Crippen molar-refractivity contribution in [2.45, 2.75) is 25.8 Å². The van der Waals surface area contributed by atoms with Crippen LogP contribution in [-0.4, -0.2) is 0 Å². The summed E-state index contributed by atoms with van der Waals surface area (Å²) in [5, 5.41) is 0.740. The molecule has 0 spiro atoms. The van der Waals surface area contributed by atoms with Crippen molar-refractivity contribution in [2.24, 2.45) is 5.73 Å². The second-order valence-corrected chi connectivity index (χ2v) is 5.22. The molecule has 19 heavy (non-hydrogen) atoms. The molecule has 0 radical (unpaired) electrons. The topological polar surface area (TPSA) is 26.0 Å². The number of rotatable bonds is 4. The van der Waals surface area contributed by atoms with Crippen LogP contribution in [0.25, 0.3) is 0 Å². The third-order valence-electron chi connectivity index (χ3n) is 3.24. The van der Waals surface area contributed by atoms with Gasteiger partial charge < -0.3 is 5.73 Å². The highest BCUT2D eigenvalue weighted by atomic mass is 35.5. The summed E-state index contributed by atoms with van der Waals surface area (Å²) in [6, 6.07) is 12.7. The molecule has 0 saturated carbocycles. The summed E-state index contributed by atoms with van der Waals surface area (Å²) in [7, 11) is 0. The van der Waals surface area contributed by atoms with Gasteiger partial charge in [-0.05, 0) is 54.7 Å². The van der Waals surface area contributed by atoms with Gasteiger partial charge in [-0.1, -0.05) is 35.9 Å². The number of aryl methyl sites for hydroxylation is 2. The lowest BCUT2D eigenvalue weighted by molar-refractivity contribution is 0.610. The van der Waals surface area contributed by atoms with E-state index >= 15 is 0 Å². The molecule has 1 nitrogen and oxygen atoms in total. The molecule has 1 atom stereocenters. The van der Waals surface area contributed by atoms with E-state index in [4.69, 9.17) is 17.3 Å². The Hall–Kier alpha value is -1.38. The summed E-state index contributed by atoms with van der Waals surface area (Å²) in [4.78, 5) is 0. The van der Waals surface area contributed by atoms with E-state index < -0.39 is 0 Å². The van der Waals surface area contributed by atoms with Crippen LogP contribution in [0.4, 0.5) is 4.39 Å². The highest BCUT2D eigenvalue weighted by Gasteiger charge is 2.08. The van der Waals surface area contributed by atoms with E-state index in [2.05, 4.69) is 0 Å². The van der Waals surface area contributed by atoms with Crippen LogP contribution >= 0.6 is 11.6 Å². The van der Waals surface area contributed by atoms with E-state index in [0.29, 0.717) is 5.56 Å². The van der Waals surface area contributed by atoms with Gasteiger partial charge >= 0.3 is 0 Å². The summed E-state index contributed by atoms with van der Waals surface area (Å²) in [6.07, 6.45) is 1.67. The lowest BCUT2D eigenvalue weighted by Crippen LogP contribution is -2.11. The molecule has 100 valence electrons. The van der Waals surface area contributed by atoms with Crippen molar-refractivity contribution < 1.29 is 4.39 Å². The summed E-state index contributed by atoms with van der Waals surface area (Å²) in [5.41, 5.74) is 8.92. The van der Waals surface area contributed by atoms with E-state index in [1.807, 2.05) is 30.3 Å². The Kier molecular flexibility index (Phi) is 4.56. The Morgan fingerprint density at radius 2 is 2.00 bits per heavy atom. The van der Waals surface area contributed by atoms with Crippen LogP contribution in [0, 0.1) is 12.7 Å². The van der Waals surface area contributed by atoms with Gasteiger partial charge in [-0.15, -0.1) is 0 Å². The smallest absolute Gasteiger partial charge is 0.126 e. The quantitative estimate of drug-likeness (QED) is 0.879. The second-order valence-electron chi connectivity index (χ2n) is 4.78. The summed E-state index contributed by atoms with van der Waals surface area (Å²) >= 11 is 5.94. The van der Waals surface area contributed by atoms with E-state index in [1.165, 1.54) is 11.6 Å². The van der Waals surface area contributed by atoms with E-state index in [0.717, 1.165) is 23.4 Å². The minimum absolute atomic E-state index is 0.0849. The standard InChI is InChI=1S/C16H17ClFN/c1-11-9-13(6-7-15(11)18)16(19)8-5-12-3-2-4-14(17)10-12/h2-4,6-7,9-10,16H,5,8,19H2,1H3. The summed E-state index contributed by atoms with van der Waals surface area (Å²) in [6.45, 7) is 1.75. The maximum absolute atomic E-state index is 13.2. The first-order valence-corrected chi connectivity index (χ1v) is 6.70. The molecule has 0 heterocycles. The van der Waals surface area contributed by atoms with Gasteiger partial charge in [0.05, 0.1) is 0 Å². The first-order chi connectivity index (χ1) is 9.06. The van der Waals surface area contributed by atoms with Gasteiger partial charge in [0, 0.05) is 11.1 Å². The van der Waals surface area contributed by atoms with Crippen LogP contribution in [0.1, 0.15) is 29.2 Å². The van der Waals surface area contributed by atoms with Gasteiger partial charge in [-0.25, -0.2) is 4.39 Å². The third-order valence-corrected chi connectivity index (χ3v) is 3.48. The Bertz CT molecular complexity index is 568. The first kappa shape index (κ1) is 14.0. The summed E-state index contributed by atoms with van der Waals surface area (Å²) < 4.78 is 13.2. The molecule has 0 fully saturated rings. The Morgan fingerprint density at radius 3 is 2.68 bits per heavy atom. The fraction of sp³-hybridized carbons (Fsp3) is 0.250. The van der Waals surface area contributed by atoms with Crippen molar-refractivity contribution in [1.82, 2.24) is 0 Å². The van der Waals surface area contributed by atoms with Crippen LogP contribution in [0.2, 0.25) is 5.02 Å². The predicted molar refractivity (Wildman–Crippen MR) is 77.8 cm³/mol. The lowest BCUT2D eigenvalue weighted by Gasteiger charge is -2.13. The van der Waals surface area contributed by atoms with Gasteiger partial charge in [-0.3, -0.25) is 0 Å². The zero-order chi connectivity index (χ0) is 13.8. The molecule has 1 unspecified atom stereocenters. The Morgan fingerprint density at radius 1 is 1.21 bits per heavy atom. The van der Waals surface area contributed by atoms with Gasteiger partial charge in [0.1, 0.15) is 5.82 Å². The second kappa shape index (κ2) is 6.18. The highest BCUT2D eigenvalue weighted by molar-refractivity contribution is 6.30. The normalized spacial score (nSPS) is 12.4. The average molecular weight is 278 g/mol. The van der Waals surface area contributed by atoms with Crippen molar-refractivity contribution in [3.05, 3.63) is 70.0 Å². The minimum Gasteiger partial charge on any atom is -0.324 e. The maximum atomic E-state index is 13.2. The Balaban J connectivity index is 2.01. The van der Waals surface area contributed by atoms with Gasteiger partial charge in [0.25, 0.3) is 0 Å². The number of hydrogen-bond acceptors (Lipinski definition) is 1. The van der Waals surface area contributed by atoms with Gasteiger partial charge in [0.15, 0.2) is 0 Å². The first-order valence-electron chi connectivity index (χ1n) is 6.32. The molecule has 2 aromatic carbocycles. The molecule has 2 aromatic rings. The molecule has 2 rings (SSSR count).